The number of hydrogen-bond donors (Lipinski definition) is 14. The van der Waals surface area contributed by atoms with E-state index in [-0.39, 0.29) is 0 Å². The summed E-state index contributed by atoms with van der Waals surface area (Å²) in [6.07, 6.45) is -13.2. The predicted octanol–water partition coefficient (Wildman–Crippen LogP) is -5.90. The van der Waals surface area contributed by atoms with Crippen molar-refractivity contribution in [3.05, 3.63) is 0 Å². The Morgan fingerprint density at radius 1 is 0.500 bits per heavy atom. The molecule has 0 aliphatic rings. The average molecular weight is 594 g/mol. The molecular formula is C18H26O22. The maximum absolute atomic E-state index is 10.3. The highest BCUT2D eigenvalue weighted by atomic mass is 16.5. The van der Waals surface area contributed by atoms with E-state index in [0.29, 0.717) is 0 Å². The van der Waals surface area contributed by atoms with Gasteiger partial charge in [0.05, 0.1) is 12.8 Å². The molecule has 0 heterocycles. The van der Waals surface area contributed by atoms with Crippen molar-refractivity contribution in [1.29, 1.82) is 0 Å². The summed E-state index contributed by atoms with van der Waals surface area (Å²) in [5, 5.41) is 119. The van der Waals surface area contributed by atoms with Gasteiger partial charge >= 0.3 is 47.8 Å². The van der Waals surface area contributed by atoms with Crippen LogP contribution in [0, 0.1) is 0 Å². The van der Waals surface area contributed by atoms with Crippen LogP contribution in [0.4, 0.5) is 0 Å². The molecule has 22 nitrogen and oxygen atoms in total. The molecule has 0 saturated carbocycles. The summed E-state index contributed by atoms with van der Waals surface area (Å²) in [4.78, 5) is 81.2. The Bertz CT molecular complexity index is 899. The SMILES string of the molecule is O=C(O)C(O)C(O)C(O)C(O)C(=O)O.O=C(O)CC(O)(CC(=O)O)C(=O)O.O=C(O)CCC(O)(C(=O)O)C(=O)O. The number of aliphatic carboxylic acids is 8. The topological polar surface area (TPSA) is 420 Å². The Morgan fingerprint density at radius 2 is 0.800 bits per heavy atom. The molecule has 0 fully saturated rings. The van der Waals surface area contributed by atoms with Crippen LogP contribution in [0.5, 0.6) is 0 Å². The van der Waals surface area contributed by atoms with E-state index in [2.05, 4.69) is 0 Å². The van der Waals surface area contributed by atoms with E-state index in [1.165, 1.54) is 0 Å². The summed E-state index contributed by atoms with van der Waals surface area (Å²) < 4.78 is 0. The van der Waals surface area contributed by atoms with Gasteiger partial charge in [0.25, 0.3) is 5.60 Å². The standard InChI is InChI=1S/C6H10O8.2C6H8O7/c7-1(3(9)5(11)12)2(8)4(10)6(13)14;7-3(8)1-6(13,5(11)12)2-4(9)10;7-3(8)1-2-6(13,4(9)10)5(11)12/h1-4,7-10H,(H,11,12)(H,13,14);2*13H,1-2H2,(H,7,8)(H,9,10)(H,11,12). The number of carboxylic acid groups (broad SMARTS) is 8. The maximum Gasteiger partial charge on any atom is 0.347 e. The molecule has 230 valence electrons. The molecule has 0 radical (unpaired) electrons. The van der Waals surface area contributed by atoms with Crippen molar-refractivity contribution in [1.82, 2.24) is 0 Å². The first-order valence-electron chi connectivity index (χ1n) is 9.85. The van der Waals surface area contributed by atoms with E-state index in [9.17, 15) is 38.4 Å². The van der Waals surface area contributed by atoms with Crippen LogP contribution in [0.3, 0.4) is 0 Å². The van der Waals surface area contributed by atoms with Crippen molar-refractivity contribution in [3.63, 3.8) is 0 Å². The zero-order chi connectivity index (χ0) is 32.8. The summed E-state index contributed by atoms with van der Waals surface area (Å²) in [6, 6.07) is 0. The Hall–Kier alpha value is -4.48. The zero-order valence-electron chi connectivity index (χ0n) is 19.7. The van der Waals surface area contributed by atoms with Crippen LogP contribution in [-0.2, 0) is 38.4 Å². The second-order valence-corrected chi connectivity index (χ2v) is 7.39. The molecular weight excluding hydrogens is 568 g/mol. The molecule has 22 heteroatoms. The van der Waals surface area contributed by atoms with Gasteiger partial charge in [0.15, 0.2) is 17.8 Å². The molecule has 0 aromatic carbocycles. The maximum atomic E-state index is 10.3. The molecule has 0 aromatic heterocycles. The van der Waals surface area contributed by atoms with Crippen LogP contribution in [-0.4, -0.2) is 155 Å². The van der Waals surface area contributed by atoms with Crippen molar-refractivity contribution in [3.8, 4) is 0 Å². The zero-order valence-corrected chi connectivity index (χ0v) is 19.7. The van der Waals surface area contributed by atoms with Crippen LogP contribution in [0.2, 0.25) is 0 Å². The fourth-order valence-electron chi connectivity index (χ4n) is 1.97. The summed E-state index contributed by atoms with van der Waals surface area (Å²) in [5.41, 5.74) is -5.75. The minimum absolute atomic E-state index is 0.727. The highest BCUT2D eigenvalue weighted by molar-refractivity contribution is 6.01. The third-order valence-electron chi connectivity index (χ3n) is 4.20. The lowest BCUT2D eigenvalue weighted by Gasteiger charge is -2.21. The number of carbonyl (C=O) groups is 8. The van der Waals surface area contributed by atoms with E-state index < -0.39 is 109 Å². The van der Waals surface area contributed by atoms with Gasteiger partial charge in [-0.2, -0.15) is 0 Å². The minimum atomic E-state index is -3.02. The fraction of sp³-hybridized carbons (Fsp3) is 0.556. The number of hydrogen-bond acceptors (Lipinski definition) is 14. The summed E-state index contributed by atoms with van der Waals surface area (Å²) >= 11 is 0. The number of carboxylic acids is 8. The summed E-state index contributed by atoms with van der Waals surface area (Å²) in [7, 11) is 0. The van der Waals surface area contributed by atoms with Crippen LogP contribution in [0.1, 0.15) is 25.7 Å². The van der Waals surface area contributed by atoms with E-state index in [4.69, 9.17) is 71.5 Å². The molecule has 0 saturated heterocycles. The number of aliphatic hydroxyl groups is 6. The number of rotatable bonds is 15. The molecule has 0 amide bonds. The lowest BCUT2D eigenvalue weighted by Crippen LogP contribution is -2.49. The molecule has 14 N–H and O–H groups in total. The fourth-order valence-corrected chi connectivity index (χ4v) is 1.97. The van der Waals surface area contributed by atoms with Crippen LogP contribution in [0.15, 0.2) is 0 Å². The average Bonchev–Trinajstić information content (AvgIpc) is 2.79. The molecule has 4 atom stereocenters. The predicted molar refractivity (Wildman–Crippen MR) is 113 cm³/mol. The van der Waals surface area contributed by atoms with Gasteiger partial charge in [-0.25, -0.2) is 24.0 Å². The molecule has 40 heavy (non-hydrogen) atoms. The van der Waals surface area contributed by atoms with Gasteiger partial charge in [-0.3, -0.25) is 14.4 Å². The highest BCUT2D eigenvalue weighted by Gasteiger charge is 2.44. The molecule has 0 bridgehead atoms. The van der Waals surface area contributed by atoms with Crippen LogP contribution in [0.25, 0.3) is 0 Å². The van der Waals surface area contributed by atoms with Gasteiger partial charge in [0.2, 0.25) is 0 Å². The summed E-state index contributed by atoms with van der Waals surface area (Å²) in [5.74, 6) is -14.0. The van der Waals surface area contributed by atoms with E-state index >= 15 is 0 Å². The molecule has 0 spiro atoms. The molecule has 0 aliphatic heterocycles. The largest absolute Gasteiger partial charge is 0.481 e. The monoisotopic (exact) mass is 594 g/mol. The van der Waals surface area contributed by atoms with Crippen molar-refractivity contribution in [2.24, 2.45) is 0 Å². The van der Waals surface area contributed by atoms with Gasteiger partial charge < -0.3 is 71.5 Å². The van der Waals surface area contributed by atoms with Gasteiger partial charge in [0.1, 0.15) is 12.2 Å². The first-order valence-corrected chi connectivity index (χ1v) is 9.85. The first-order chi connectivity index (χ1) is 17.9. The number of aliphatic hydroxyl groups excluding tert-OH is 4. The third-order valence-corrected chi connectivity index (χ3v) is 4.20. The van der Waals surface area contributed by atoms with Gasteiger partial charge in [-0.05, 0) is 0 Å². The quantitative estimate of drug-likeness (QED) is 0.0784. The molecule has 4 unspecified atom stereocenters. The van der Waals surface area contributed by atoms with Gasteiger partial charge in [0, 0.05) is 12.8 Å². The van der Waals surface area contributed by atoms with Crippen LogP contribution >= 0.6 is 0 Å². The van der Waals surface area contributed by atoms with Crippen molar-refractivity contribution in [2.75, 3.05) is 0 Å². The normalized spacial score (nSPS) is 13.8. The lowest BCUT2D eigenvalue weighted by atomic mass is 9.96. The molecule has 0 rings (SSSR count). The first kappa shape index (κ1) is 40.0. The highest BCUT2D eigenvalue weighted by Crippen LogP contribution is 2.16. The van der Waals surface area contributed by atoms with E-state index in [1.54, 1.807) is 0 Å². The van der Waals surface area contributed by atoms with Crippen molar-refractivity contribution in [2.45, 2.75) is 61.3 Å². The smallest absolute Gasteiger partial charge is 0.347 e. The lowest BCUT2D eigenvalue weighted by molar-refractivity contribution is -0.177. The van der Waals surface area contributed by atoms with Gasteiger partial charge in [-0.1, -0.05) is 0 Å². The Balaban J connectivity index is -0.000000514. The van der Waals surface area contributed by atoms with Crippen LogP contribution < -0.4 is 0 Å². The minimum Gasteiger partial charge on any atom is -0.481 e. The second kappa shape index (κ2) is 17.2. The van der Waals surface area contributed by atoms with E-state index in [0.717, 1.165) is 0 Å². The third kappa shape index (κ3) is 14.5. The second-order valence-electron chi connectivity index (χ2n) is 7.39. The van der Waals surface area contributed by atoms with Gasteiger partial charge in [-0.15, -0.1) is 0 Å². The summed E-state index contributed by atoms with van der Waals surface area (Å²) in [6.45, 7) is 0. The van der Waals surface area contributed by atoms with Crippen molar-refractivity contribution >= 4 is 47.8 Å². The molecule has 0 aromatic rings. The Morgan fingerprint density at radius 3 is 0.975 bits per heavy atom. The molecule has 0 aliphatic carbocycles. The Kier molecular flexibility index (Phi) is 17.2. The van der Waals surface area contributed by atoms with Crippen molar-refractivity contribution < 1.29 is 110 Å². The van der Waals surface area contributed by atoms with E-state index in [1.807, 2.05) is 0 Å². The Labute approximate surface area is 219 Å².